The third-order valence-electron chi connectivity index (χ3n) is 4.09. The van der Waals surface area contributed by atoms with Gasteiger partial charge in [0.25, 0.3) is 0 Å². The van der Waals surface area contributed by atoms with Crippen LogP contribution in [0, 0.1) is 0 Å². The minimum Gasteiger partial charge on any atom is -0.488 e. The van der Waals surface area contributed by atoms with E-state index in [9.17, 15) is 9.59 Å². The van der Waals surface area contributed by atoms with Crippen molar-refractivity contribution < 1.29 is 14.3 Å². The van der Waals surface area contributed by atoms with E-state index < -0.39 is 0 Å². The maximum absolute atomic E-state index is 12.1. The topological polar surface area (TPSA) is 58.6 Å². The van der Waals surface area contributed by atoms with Gasteiger partial charge in [0.15, 0.2) is 0 Å². The summed E-state index contributed by atoms with van der Waals surface area (Å²) in [5.74, 6) is 0.822. The van der Waals surface area contributed by atoms with Gasteiger partial charge in [0.2, 0.25) is 11.8 Å². The van der Waals surface area contributed by atoms with Gasteiger partial charge in [0, 0.05) is 6.42 Å². The van der Waals surface area contributed by atoms with Crippen molar-refractivity contribution in [2.75, 3.05) is 13.1 Å². The predicted molar refractivity (Wildman–Crippen MR) is 78.0 cm³/mol. The highest BCUT2D eigenvalue weighted by Gasteiger charge is 2.36. The van der Waals surface area contributed by atoms with Crippen LogP contribution in [0.5, 0.6) is 5.75 Å². The van der Waals surface area contributed by atoms with Crippen LogP contribution >= 0.6 is 0 Å². The van der Waals surface area contributed by atoms with Gasteiger partial charge in [-0.05, 0) is 18.1 Å². The largest absolute Gasteiger partial charge is 0.488 e. The summed E-state index contributed by atoms with van der Waals surface area (Å²) in [6.07, 6.45) is 2.29. The van der Waals surface area contributed by atoms with Crippen molar-refractivity contribution in [3.8, 4) is 5.75 Å². The van der Waals surface area contributed by atoms with Gasteiger partial charge in [-0.3, -0.25) is 9.59 Å². The smallest absolute Gasteiger partial charge is 0.243 e. The number of fused-ring (bicyclic) bond motifs is 1. The monoisotopic (exact) mass is 288 g/mol. The Morgan fingerprint density at radius 1 is 1.33 bits per heavy atom. The number of piperazine rings is 1. The van der Waals surface area contributed by atoms with Crippen molar-refractivity contribution in [2.24, 2.45) is 0 Å². The van der Waals surface area contributed by atoms with Crippen molar-refractivity contribution in [3.05, 3.63) is 29.8 Å². The molecule has 112 valence electrons. The van der Waals surface area contributed by atoms with Crippen LogP contribution in [0.2, 0.25) is 0 Å². The zero-order valence-corrected chi connectivity index (χ0v) is 12.2. The summed E-state index contributed by atoms with van der Waals surface area (Å²) >= 11 is 0. The number of benzene rings is 1. The number of hydrogen-bond acceptors (Lipinski definition) is 3. The Balaban J connectivity index is 1.71. The molecule has 1 fully saturated rings. The van der Waals surface area contributed by atoms with Crippen molar-refractivity contribution in [1.29, 1.82) is 0 Å². The number of rotatable bonds is 4. The lowest BCUT2D eigenvalue weighted by Gasteiger charge is -2.36. The number of carbonyl (C=O) groups excluding carboxylic acids is 2. The van der Waals surface area contributed by atoms with E-state index in [1.165, 1.54) is 5.56 Å². The number of nitrogens with zero attached hydrogens (tertiary/aromatic N) is 1. The fraction of sp³-hybridized carbons (Fsp3) is 0.500. The molecule has 2 aliphatic heterocycles. The first-order chi connectivity index (χ1) is 10.2. The minimum absolute atomic E-state index is 0.0207. The van der Waals surface area contributed by atoms with Gasteiger partial charge in [-0.15, -0.1) is 0 Å². The second-order valence-corrected chi connectivity index (χ2v) is 5.62. The molecule has 2 unspecified atom stereocenters. The third kappa shape index (κ3) is 2.73. The summed E-state index contributed by atoms with van der Waals surface area (Å²) in [6, 6.07) is 7.57. The molecule has 0 bridgehead atoms. The van der Waals surface area contributed by atoms with Gasteiger partial charge in [-0.2, -0.15) is 0 Å². The summed E-state index contributed by atoms with van der Waals surface area (Å²) in [5, 5.41) is 2.67. The molecule has 0 aromatic heterocycles. The molecule has 0 saturated carbocycles. The van der Waals surface area contributed by atoms with Crippen LogP contribution in [-0.4, -0.2) is 41.9 Å². The molecular weight excluding hydrogens is 268 g/mol. The van der Waals surface area contributed by atoms with E-state index in [1.807, 2.05) is 31.2 Å². The Kier molecular flexibility index (Phi) is 3.82. The van der Waals surface area contributed by atoms with Crippen molar-refractivity contribution in [1.82, 2.24) is 10.2 Å². The SMILES string of the molecule is CCCC1C(=O)NCC(=O)N1CC1Cc2ccccc2O1. The minimum atomic E-state index is -0.358. The van der Waals surface area contributed by atoms with Gasteiger partial charge in [0.05, 0.1) is 13.1 Å². The van der Waals surface area contributed by atoms with Gasteiger partial charge < -0.3 is 15.0 Å². The number of hydrogen-bond donors (Lipinski definition) is 1. The van der Waals surface area contributed by atoms with Gasteiger partial charge >= 0.3 is 0 Å². The summed E-state index contributed by atoms with van der Waals surface area (Å²) < 4.78 is 5.89. The first-order valence-electron chi connectivity index (χ1n) is 7.50. The summed E-state index contributed by atoms with van der Waals surface area (Å²) in [4.78, 5) is 25.8. The molecule has 1 aromatic carbocycles. The predicted octanol–water partition coefficient (Wildman–Crippen LogP) is 1.12. The number of carbonyl (C=O) groups is 2. The molecule has 1 N–H and O–H groups in total. The fourth-order valence-electron chi connectivity index (χ4n) is 3.06. The Labute approximate surface area is 124 Å². The van der Waals surface area contributed by atoms with Crippen molar-refractivity contribution in [3.63, 3.8) is 0 Å². The number of amides is 2. The Bertz CT molecular complexity index is 533. The zero-order valence-electron chi connectivity index (χ0n) is 12.2. The van der Waals surface area contributed by atoms with E-state index in [-0.39, 0.29) is 30.5 Å². The molecule has 21 heavy (non-hydrogen) atoms. The van der Waals surface area contributed by atoms with Crippen LogP contribution in [-0.2, 0) is 16.0 Å². The molecule has 2 amide bonds. The van der Waals surface area contributed by atoms with Crippen LogP contribution in [0.1, 0.15) is 25.3 Å². The number of para-hydroxylation sites is 1. The standard InChI is InChI=1S/C16H20N2O3/c1-2-5-13-16(20)17-9-15(19)18(13)10-12-8-11-6-3-4-7-14(11)21-12/h3-4,6-7,12-13H,2,5,8-10H2,1H3,(H,17,20). The van der Waals surface area contributed by atoms with Crippen LogP contribution in [0.4, 0.5) is 0 Å². The molecule has 2 heterocycles. The first kappa shape index (κ1) is 13.9. The lowest BCUT2D eigenvalue weighted by Crippen LogP contribution is -2.60. The molecule has 0 aliphatic carbocycles. The van der Waals surface area contributed by atoms with Gasteiger partial charge in [-0.25, -0.2) is 0 Å². The molecule has 0 spiro atoms. The second-order valence-electron chi connectivity index (χ2n) is 5.62. The maximum atomic E-state index is 12.1. The fourth-order valence-corrected chi connectivity index (χ4v) is 3.06. The van der Waals surface area contributed by atoms with Crippen LogP contribution in [0.15, 0.2) is 24.3 Å². The average molecular weight is 288 g/mol. The van der Waals surface area contributed by atoms with Gasteiger partial charge in [-0.1, -0.05) is 31.5 Å². The Morgan fingerprint density at radius 3 is 2.90 bits per heavy atom. The zero-order chi connectivity index (χ0) is 14.8. The highest BCUT2D eigenvalue weighted by atomic mass is 16.5. The summed E-state index contributed by atoms with van der Waals surface area (Å²) in [5.41, 5.74) is 1.17. The number of nitrogens with one attached hydrogen (secondary N) is 1. The van der Waals surface area contributed by atoms with Crippen LogP contribution < -0.4 is 10.1 Å². The van der Waals surface area contributed by atoms with E-state index >= 15 is 0 Å². The highest BCUT2D eigenvalue weighted by molar-refractivity contribution is 5.94. The average Bonchev–Trinajstić information content (AvgIpc) is 2.89. The van der Waals surface area contributed by atoms with Crippen LogP contribution in [0.3, 0.4) is 0 Å². The molecular formula is C16H20N2O3. The van der Waals surface area contributed by atoms with E-state index in [0.717, 1.165) is 18.6 Å². The maximum Gasteiger partial charge on any atom is 0.243 e. The molecule has 2 aliphatic rings. The summed E-state index contributed by atoms with van der Waals surface area (Å²) in [7, 11) is 0. The highest BCUT2D eigenvalue weighted by Crippen LogP contribution is 2.29. The van der Waals surface area contributed by atoms with Crippen molar-refractivity contribution >= 4 is 11.8 Å². The Morgan fingerprint density at radius 2 is 2.14 bits per heavy atom. The molecule has 5 heteroatoms. The quantitative estimate of drug-likeness (QED) is 0.903. The molecule has 0 radical (unpaired) electrons. The molecule has 3 rings (SSSR count). The first-order valence-corrected chi connectivity index (χ1v) is 7.50. The van der Waals surface area contributed by atoms with Gasteiger partial charge in [0.1, 0.15) is 17.9 Å². The van der Waals surface area contributed by atoms with Crippen molar-refractivity contribution in [2.45, 2.75) is 38.3 Å². The molecule has 1 saturated heterocycles. The normalized spacial score (nSPS) is 24.5. The van der Waals surface area contributed by atoms with E-state index in [4.69, 9.17) is 4.74 Å². The lowest BCUT2D eigenvalue weighted by atomic mass is 10.0. The Hall–Kier alpha value is -2.04. The molecule has 2 atom stereocenters. The summed E-state index contributed by atoms with van der Waals surface area (Å²) in [6.45, 7) is 2.59. The number of ether oxygens (including phenoxy) is 1. The van der Waals surface area contributed by atoms with E-state index in [1.54, 1.807) is 4.90 Å². The lowest BCUT2D eigenvalue weighted by molar-refractivity contribution is -0.147. The molecule has 5 nitrogen and oxygen atoms in total. The van der Waals surface area contributed by atoms with E-state index in [0.29, 0.717) is 13.0 Å². The second kappa shape index (κ2) is 5.76. The van der Waals surface area contributed by atoms with E-state index in [2.05, 4.69) is 5.32 Å². The third-order valence-corrected chi connectivity index (χ3v) is 4.09. The molecule has 1 aromatic rings. The van der Waals surface area contributed by atoms with Crippen LogP contribution in [0.25, 0.3) is 0 Å².